The van der Waals surface area contributed by atoms with Crippen molar-refractivity contribution in [3.8, 4) is 5.75 Å². The van der Waals surface area contributed by atoms with Gasteiger partial charge < -0.3 is 14.2 Å². The van der Waals surface area contributed by atoms with Crippen molar-refractivity contribution in [1.29, 1.82) is 0 Å². The lowest BCUT2D eigenvalue weighted by atomic mass is 10.2. The minimum absolute atomic E-state index is 0.0569. The van der Waals surface area contributed by atoms with Crippen molar-refractivity contribution >= 4 is 12.1 Å². The SMILES string of the molecule is C=C/C=C\C(=C)OC(=O)Oc1ccccc1C(=O)OCC. The normalized spacial score (nSPS) is 9.95. The number of hydrogen-bond acceptors (Lipinski definition) is 5. The van der Waals surface area contributed by atoms with Gasteiger partial charge in [0.25, 0.3) is 0 Å². The molecule has 21 heavy (non-hydrogen) atoms. The number of carbonyl (C=O) groups excluding carboxylic acids is 2. The van der Waals surface area contributed by atoms with E-state index >= 15 is 0 Å². The van der Waals surface area contributed by atoms with Crippen LogP contribution < -0.4 is 4.74 Å². The Labute approximate surface area is 123 Å². The van der Waals surface area contributed by atoms with E-state index in [4.69, 9.17) is 14.2 Å². The third kappa shape index (κ3) is 5.36. The van der Waals surface area contributed by atoms with E-state index in [9.17, 15) is 9.59 Å². The van der Waals surface area contributed by atoms with Crippen LogP contribution in [0.3, 0.4) is 0 Å². The van der Waals surface area contributed by atoms with Crippen molar-refractivity contribution < 1.29 is 23.8 Å². The van der Waals surface area contributed by atoms with Gasteiger partial charge in [0.2, 0.25) is 0 Å². The maximum Gasteiger partial charge on any atom is 0.519 e. The Morgan fingerprint density at radius 1 is 1.29 bits per heavy atom. The summed E-state index contributed by atoms with van der Waals surface area (Å²) in [5.74, 6) is -0.429. The number of rotatable bonds is 6. The molecule has 5 heteroatoms. The highest BCUT2D eigenvalue weighted by Crippen LogP contribution is 2.20. The highest BCUT2D eigenvalue weighted by molar-refractivity contribution is 5.93. The van der Waals surface area contributed by atoms with Gasteiger partial charge >= 0.3 is 12.1 Å². The topological polar surface area (TPSA) is 61.8 Å². The lowest BCUT2D eigenvalue weighted by Crippen LogP contribution is -2.13. The zero-order valence-electron chi connectivity index (χ0n) is 11.7. The highest BCUT2D eigenvalue weighted by atomic mass is 16.7. The third-order valence-electron chi connectivity index (χ3n) is 2.21. The molecule has 110 valence electrons. The van der Waals surface area contributed by atoms with Gasteiger partial charge in [-0.2, -0.15) is 0 Å². The fourth-order valence-electron chi connectivity index (χ4n) is 1.36. The Balaban J connectivity index is 2.76. The molecule has 0 N–H and O–H groups in total. The lowest BCUT2D eigenvalue weighted by Gasteiger charge is -2.09. The van der Waals surface area contributed by atoms with Crippen molar-refractivity contribution in [1.82, 2.24) is 0 Å². The van der Waals surface area contributed by atoms with Gasteiger partial charge in [0.05, 0.1) is 6.61 Å². The number of esters is 1. The van der Waals surface area contributed by atoms with Crippen LogP contribution in [0.5, 0.6) is 5.75 Å². The fraction of sp³-hybridized carbons (Fsp3) is 0.125. The molecule has 0 saturated heterocycles. The summed E-state index contributed by atoms with van der Waals surface area (Å²) >= 11 is 0. The molecule has 1 aromatic carbocycles. The number of ether oxygens (including phenoxy) is 3. The first-order chi connectivity index (χ1) is 10.1. The minimum atomic E-state index is -0.995. The number of hydrogen-bond donors (Lipinski definition) is 0. The van der Waals surface area contributed by atoms with E-state index in [1.165, 1.54) is 24.3 Å². The van der Waals surface area contributed by atoms with Crippen molar-refractivity contribution in [2.45, 2.75) is 6.92 Å². The maximum atomic E-state index is 11.7. The van der Waals surface area contributed by atoms with Crippen LogP contribution in [0.15, 0.2) is 61.4 Å². The van der Waals surface area contributed by atoms with Crippen LogP contribution in [0.4, 0.5) is 4.79 Å². The molecule has 0 aliphatic heterocycles. The number of allylic oxidation sites excluding steroid dienone is 3. The summed E-state index contributed by atoms with van der Waals surface area (Å²) in [6.45, 7) is 8.90. The van der Waals surface area contributed by atoms with Gasteiger partial charge in [0.1, 0.15) is 17.1 Å². The van der Waals surface area contributed by atoms with Crippen molar-refractivity contribution in [3.63, 3.8) is 0 Å². The predicted molar refractivity (Wildman–Crippen MR) is 78.0 cm³/mol. The number of carbonyl (C=O) groups is 2. The minimum Gasteiger partial charge on any atom is -0.462 e. The monoisotopic (exact) mass is 288 g/mol. The Hall–Kier alpha value is -2.82. The molecule has 0 saturated carbocycles. The van der Waals surface area contributed by atoms with Crippen LogP contribution in [-0.4, -0.2) is 18.7 Å². The molecule has 0 aromatic heterocycles. The van der Waals surface area contributed by atoms with Crippen molar-refractivity contribution in [3.05, 3.63) is 67.0 Å². The van der Waals surface area contributed by atoms with Crippen molar-refractivity contribution in [2.75, 3.05) is 6.61 Å². The van der Waals surface area contributed by atoms with Crippen LogP contribution in [0.2, 0.25) is 0 Å². The average Bonchev–Trinajstić information content (AvgIpc) is 2.45. The second-order valence-electron chi connectivity index (χ2n) is 3.73. The summed E-state index contributed by atoms with van der Waals surface area (Å²) in [7, 11) is 0. The Bertz CT molecular complexity index is 572. The molecule has 5 nitrogen and oxygen atoms in total. The molecule has 0 amide bonds. The van der Waals surface area contributed by atoms with Gasteiger partial charge in [-0.15, -0.1) is 0 Å². The van der Waals surface area contributed by atoms with Crippen LogP contribution in [0.1, 0.15) is 17.3 Å². The molecule has 0 bridgehead atoms. The maximum absolute atomic E-state index is 11.7. The Kier molecular flexibility index (Phi) is 6.47. The highest BCUT2D eigenvalue weighted by Gasteiger charge is 2.16. The van der Waals surface area contributed by atoms with Gasteiger partial charge in [-0.25, -0.2) is 9.59 Å². The molecule has 1 aromatic rings. The standard InChI is InChI=1S/C16H16O5/c1-4-6-9-12(3)20-16(18)21-14-11-8-7-10-13(14)15(17)19-5-2/h4,6-11H,1,3,5H2,2H3/b9-6-. The molecule has 0 unspecified atom stereocenters. The molecule has 0 aliphatic carbocycles. The first-order valence-corrected chi connectivity index (χ1v) is 6.22. The van der Waals surface area contributed by atoms with Gasteiger partial charge in [0.15, 0.2) is 0 Å². The van der Waals surface area contributed by atoms with E-state index in [1.807, 2.05) is 0 Å². The molecular formula is C16H16O5. The summed E-state index contributed by atoms with van der Waals surface area (Å²) < 4.78 is 14.7. The van der Waals surface area contributed by atoms with E-state index in [0.29, 0.717) is 0 Å². The lowest BCUT2D eigenvalue weighted by molar-refractivity contribution is 0.0522. The Morgan fingerprint density at radius 3 is 2.67 bits per heavy atom. The van der Waals surface area contributed by atoms with E-state index in [2.05, 4.69) is 13.2 Å². The molecular weight excluding hydrogens is 272 g/mol. The molecule has 0 radical (unpaired) electrons. The number of benzene rings is 1. The van der Waals surface area contributed by atoms with Gasteiger partial charge in [-0.05, 0) is 25.1 Å². The largest absolute Gasteiger partial charge is 0.519 e. The van der Waals surface area contributed by atoms with E-state index in [-0.39, 0.29) is 23.7 Å². The Morgan fingerprint density at radius 2 is 2.00 bits per heavy atom. The quantitative estimate of drug-likeness (QED) is 0.346. The summed E-state index contributed by atoms with van der Waals surface area (Å²) in [6.07, 6.45) is 3.52. The van der Waals surface area contributed by atoms with Gasteiger partial charge in [0, 0.05) is 0 Å². The van der Waals surface area contributed by atoms with Gasteiger partial charge in [-0.3, -0.25) is 0 Å². The first-order valence-electron chi connectivity index (χ1n) is 6.22. The van der Waals surface area contributed by atoms with Gasteiger partial charge in [-0.1, -0.05) is 37.4 Å². The predicted octanol–water partition coefficient (Wildman–Crippen LogP) is 3.63. The fourth-order valence-corrected chi connectivity index (χ4v) is 1.36. The summed E-state index contributed by atoms with van der Waals surface area (Å²) in [4.78, 5) is 23.3. The first kappa shape index (κ1) is 16.2. The number of para-hydroxylation sites is 1. The second-order valence-corrected chi connectivity index (χ2v) is 3.73. The summed E-state index contributed by atoms with van der Waals surface area (Å²) in [6, 6.07) is 6.22. The third-order valence-corrected chi connectivity index (χ3v) is 2.21. The molecule has 0 fully saturated rings. The van der Waals surface area contributed by atoms with E-state index in [1.54, 1.807) is 25.1 Å². The van der Waals surface area contributed by atoms with Crippen LogP contribution >= 0.6 is 0 Å². The van der Waals surface area contributed by atoms with Crippen LogP contribution in [-0.2, 0) is 9.47 Å². The molecule has 0 spiro atoms. The molecule has 0 heterocycles. The van der Waals surface area contributed by atoms with E-state index in [0.717, 1.165) is 0 Å². The van der Waals surface area contributed by atoms with E-state index < -0.39 is 12.1 Å². The van der Waals surface area contributed by atoms with Crippen LogP contribution in [0.25, 0.3) is 0 Å². The molecule has 0 atom stereocenters. The zero-order valence-corrected chi connectivity index (χ0v) is 11.7. The molecule has 0 aliphatic rings. The van der Waals surface area contributed by atoms with Crippen LogP contribution in [0, 0.1) is 0 Å². The average molecular weight is 288 g/mol. The zero-order chi connectivity index (χ0) is 15.7. The summed E-state index contributed by atoms with van der Waals surface area (Å²) in [5.41, 5.74) is 0.142. The second kappa shape index (κ2) is 8.37. The summed E-state index contributed by atoms with van der Waals surface area (Å²) in [5, 5.41) is 0. The molecule has 1 rings (SSSR count). The van der Waals surface area contributed by atoms with Crippen molar-refractivity contribution in [2.24, 2.45) is 0 Å². The smallest absolute Gasteiger partial charge is 0.462 e.